The molecule has 0 aliphatic carbocycles. The van der Waals surface area contributed by atoms with Crippen LogP contribution in [0.2, 0.25) is 0 Å². The summed E-state index contributed by atoms with van der Waals surface area (Å²) in [7, 11) is 0. The first-order valence-corrected chi connectivity index (χ1v) is 8.26. The van der Waals surface area contributed by atoms with E-state index in [1.54, 1.807) is 19.9 Å². The minimum atomic E-state index is -0.609. The van der Waals surface area contributed by atoms with Gasteiger partial charge in [0.05, 0.1) is 5.75 Å². The Morgan fingerprint density at radius 2 is 2.22 bits per heavy atom. The fourth-order valence-electron chi connectivity index (χ4n) is 2.00. The van der Waals surface area contributed by atoms with E-state index in [4.69, 9.17) is 21.4 Å². The molecule has 1 aromatic rings. The van der Waals surface area contributed by atoms with Gasteiger partial charge in [-0.05, 0) is 19.9 Å². The number of rotatable bonds is 6. The summed E-state index contributed by atoms with van der Waals surface area (Å²) in [6, 6.07) is 1.56. The molecule has 9 heteroatoms. The maximum atomic E-state index is 11.8. The Balaban J connectivity index is 1.71. The number of furan rings is 1. The van der Waals surface area contributed by atoms with Gasteiger partial charge in [-0.15, -0.1) is 0 Å². The van der Waals surface area contributed by atoms with Crippen molar-refractivity contribution in [1.82, 2.24) is 10.2 Å². The second-order valence-corrected chi connectivity index (χ2v) is 6.46. The molecule has 1 aliphatic heterocycles. The molecule has 2 heterocycles. The highest BCUT2D eigenvalue weighted by atomic mass is 32.2. The smallest absolute Gasteiger partial charge is 0.342 e. The van der Waals surface area contributed by atoms with Gasteiger partial charge in [0.2, 0.25) is 5.91 Å². The molecular weight excluding hydrogens is 340 g/mol. The van der Waals surface area contributed by atoms with Crippen LogP contribution in [0, 0.1) is 13.8 Å². The zero-order valence-corrected chi connectivity index (χ0v) is 14.3. The van der Waals surface area contributed by atoms with Crippen LogP contribution in [0.5, 0.6) is 0 Å². The number of nitrogens with one attached hydrogen (secondary N) is 1. The molecule has 0 atom stereocenters. The van der Waals surface area contributed by atoms with Gasteiger partial charge in [0, 0.05) is 13.1 Å². The van der Waals surface area contributed by atoms with E-state index in [9.17, 15) is 14.4 Å². The number of hydrogen-bond acceptors (Lipinski definition) is 7. The van der Waals surface area contributed by atoms with Crippen molar-refractivity contribution in [3.63, 3.8) is 0 Å². The average molecular weight is 356 g/mol. The fraction of sp³-hybridized carbons (Fsp3) is 0.429. The maximum absolute atomic E-state index is 11.8. The number of hydrogen-bond donors (Lipinski definition) is 1. The van der Waals surface area contributed by atoms with E-state index < -0.39 is 18.5 Å². The van der Waals surface area contributed by atoms with Gasteiger partial charge >= 0.3 is 5.97 Å². The van der Waals surface area contributed by atoms with E-state index in [2.05, 4.69) is 5.32 Å². The third-order valence-electron chi connectivity index (χ3n) is 3.09. The Morgan fingerprint density at radius 3 is 2.78 bits per heavy atom. The van der Waals surface area contributed by atoms with Crippen molar-refractivity contribution in [3.05, 3.63) is 23.2 Å². The van der Waals surface area contributed by atoms with Crippen LogP contribution in [0.4, 0.5) is 0 Å². The third kappa shape index (κ3) is 4.55. The fourth-order valence-corrected chi connectivity index (χ4v) is 3.12. The standard InChI is InChI=1S/C14H16N2O5S2/c1-8-5-10(9(2)21-8)13(19)20-6-11(17)15-3-4-16-12(18)7-23-14(16)22/h5H,3-4,6-7H2,1-2H3,(H,15,17). The van der Waals surface area contributed by atoms with Crippen molar-refractivity contribution in [1.29, 1.82) is 0 Å². The Hall–Kier alpha value is -1.87. The van der Waals surface area contributed by atoms with Gasteiger partial charge in [-0.3, -0.25) is 14.5 Å². The molecule has 2 amide bonds. The molecule has 0 spiro atoms. The highest BCUT2D eigenvalue weighted by molar-refractivity contribution is 8.23. The Kier molecular flexibility index (Phi) is 5.78. The lowest BCUT2D eigenvalue weighted by Gasteiger charge is -2.15. The second kappa shape index (κ2) is 7.60. The largest absolute Gasteiger partial charge is 0.466 e. The normalized spacial score (nSPS) is 14.3. The lowest BCUT2D eigenvalue weighted by molar-refractivity contribution is -0.126. The van der Waals surface area contributed by atoms with Crippen molar-refractivity contribution in [2.75, 3.05) is 25.4 Å². The Labute approximate surface area is 142 Å². The van der Waals surface area contributed by atoms with Gasteiger partial charge < -0.3 is 14.5 Å². The van der Waals surface area contributed by atoms with Gasteiger partial charge in [0.1, 0.15) is 21.4 Å². The average Bonchev–Trinajstić information content (AvgIpc) is 3.00. The van der Waals surface area contributed by atoms with E-state index in [-0.39, 0.29) is 12.5 Å². The van der Waals surface area contributed by atoms with Crippen LogP contribution in [0.15, 0.2) is 10.5 Å². The summed E-state index contributed by atoms with van der Waals surface area (Å²) in [5.74, 6) is 0.276. The molecule has 0 saturated carbocycles. The first kappa shape index (κ1) is 17.5. The predicted octanol–water partition coefficient (Wildman–Crippen LogP) is 1.03. The Bertz CT molecular complexity index is 640. The third-order valence-corrected chi connectivity index (χ3v) is 4.53. The van der Waals surface area contributed by atoms with Crippen LogP contribution >= 0.6 is 24.0 Å². The molecule has 1 aliphatic rings. The summed E-state index contributed by atoms with van der Waals surface area (Å²) in [6.45, 7) is 3.53. The van der Waals surface area contributed by atoms with E-state index in [0.717, 1.165) is 0 Å². The minimum absolute atomic E-state index is 0.0634. The molecule has 1 N–H and O–H groups in total. The number of nitrogens with zero attached hydrogens (tertiary/aromatic N) is 1. The maximum Gasteiger partial charge on any atom is 0.342 e. The number of carbonyl (C=O) groups is 3. The topological polar surface area (TPSA) is 88.9 Å². The quantitative estimate of drug-likeness (QED) is 0.601. The zero-order valence-electron chi connectivity index (χ0n) is 12.7. The second-order valence-electron chi connectivity index (χ2n) is 4.85. The van der Waals surface area contributed by atoms with E-state index in [1.165, 1.54) is 16.7 Å². The molecule has 7 nitrogen and oxygen atoms in total. The lowest BCUT2D eigenvalue weighted by atomic mass is 10.2. The molecule has 1 saturated heterocycles. The molecule has 1 aromatic heterocycles. The predicted molar refractivity (Wildman–Crippen MR) is 88.2 cm³/mol. The number of amides is 2. The number of ether oxygens (including phenoxy) is 1. The van der Waals surface area contributed by atoms with E-state index >= 15 is 0 Å². The van der Waals surface area contributed by atoms with Gasteiger partial charge in [0.25, 0.3) is 5.91 Å². The highest BCUT2D eigenvalue weighted by Gasteiger charge is 2.26. The summed E-state index contributed by atoms with van der Waals surface area (Å²) in [5, 5.41) is 2.57. The van der Waals surface area contributed by atoms with E-state index in [1.807, 2.05) is 0 Å². The summed E-state index contributed by atoms with van der Waals surface area (Å²) in [5.41, 5.74) is 0.306. The van der Waals surface area contributed by atoms with Gasteiger partial charge in [-0.25, -0.2) is 4.79 Å². The molecule has 23 heavy (non-hydrogen) atoms. The number of esters is 1. The van der Waals surface area contributed by atoms with Crippen LogP contribution in [0.3, 0.4) is 0 Å². The first-order chi connectivity index (χ1) is 10.9. The van der Waals surface area contributed by atoms with E-state index in [0.29, 0.717) is 33.7 Å². The highest BCUT2D eigenvalue weighted by Crippen LogP contribution is 2.18. The summed E-state index contributed by atoms with van der Waals surface area (Å²) in [4.78, 5) is 36.4. The molecule has 0 bridgehead atoms. The number of carbonyl (C=O) groups excluding carboxylic acids is 3. The van der Waals surface area contributed by atoms with Crippen LogP contribution in [0.1, 0.15) is 21.9 Å². The first-order valence-electron chi connectivity index (χ1n) is 6.86. The molecule has 0 radical (unpaired) electrons. The van der Waals surface area contributed by atoms with Crippen molar-refractivity contribution >= 4 is 46.1 Å². The summed E-state index contributed by atoms with van der Waals surface area (Å²) in [6.07, 6.45) is 0. The molecule has 124 valence electrons. The summed E-state index contributed by atoms with van der Waals surface area (Å²) >= 11 is 6.33. The summed E-state index contributed by atoms with van der Waals surface area (Å²) < 4.78 is 10.7. The van der Waals surface area contributed by atoms with Crippen molar-refractivity contribution in [3.8, 4) is 0 Å². The number of aryl methyl sites for hydroxylation is 2. The molecule has 1 fully saturated rings. The van der Waals surface area contributed by atoms with Crippen LogP contribution < -0.4 is 5.32 Å². The molecule has 0 unspecified atom stereocenters. The zero-order chi connectivity index (χ0) is 17.0. The van der Waals surface area contributed by atoms with Crippen molar-refractivity contribution < 1.29 is 23.5 Å². The van der Waals surface area contributed by atoms with Gasteiger partial charge in [-0.2, -0.15) is 0 Å². The van der Waals surface area contributed by atoms with Gasteiger partial charge in [0.15, 0.2) is 6.61 Å². The minimum Gasteiger partial charge on any atom is -0.466 e. The van der Waals surface area contributed by atoms with Crippen molar-refractivity contribution in [2.45, 2.75) is 13.8 Å². The monoisotopic (exact) mass is 356 g/mol. The van der Waals surface area contributed by atoms with Gasteiger partial charge in [-0.1, -0.05) is 24.0 Å². The number of thioether (sulfide) groups is 1. The molecule has 0 aromatic carbocycles. The Morgan fingerprint density at radius 1 is 1.48 bits per heavy atom. The SMILES string of the molecule is Cc1cc(C(=O)OCC(=O)NCCN2C(=O)CSC2=S)c(C)o1. The van der Waals surface area contributed by atoms with Crippen molar-refractivity contribution in [2.24, 2.45) is 0 Å². The lowest BCUT2D eigenvalue weighted by Crippen LogP contribution is -2.38. The molecule has 2 rings (SSSR count). The van der Waals surface area contributed by atoms with Crippen LogP contribution in [0.25, 0.3) is 0 Å². The van der Waals surface area contributed by atoms with Crippen LogP contribution in [-0.2, 0) is 14.3 Å². The van der Waals surface area contributed by atoms with Crippen LogP contribution in [-0.4, -0.2) is 52.5 Å². The number of thiocarbonyl (C=S) groups is 1. The molecular formula is C14H16N2O5S2.